The molecule has 0 spiro atoms. The second-order valence-electron chi connectivity index (χ2n) is 6.87. The molecule has 1 aliphatic rings. The number of hydrogen-bond acceptors (Lipinski definition) is 7. The number of nitrogens with two attached hydrogens (primary N) is 1. The Labute approximate surface area is 163 Å². The van der Waals surface area contributed by atoms with Gasteiger partial charge >= 0.3 is 0 Å². The quantitative estimate of drug-likeness (QED) is 0.700. The molecule has 2 aromatic heterocycles. The summed E-state index contributed by atoms with van der Waals surface area (Å²) in [5.41, 5.74) is 8.47. The van der Waals surface area contributed by atoms with Crippen molar-refractivity contribution in [2.75, 3.05) is 0 Å². The summed E-state index contributed by atoms with van der Waals surface area (Å²) in [6.07, 6.45) is 3.96. The van der Waals surface area contributed by atoms with Gasteiger partial charge in [0.2, 0.25) is 0 Å². The first-order valence-corrected chi connectivity index (χ1v) is 8.84. The predicted octanol–water partition coefficient (Wildman–Crippen LogP) is 4.07. The fourth-order valence-corrected chi connectivity index (χ4v) is 3.39. The molecule has 144 valence electrons. The molecule has 0 saturated heterocycles. The largest absolute Gasteiger partial charge is 0.488 e. The maximum atomic E-state index is 6.43. The van der Waals surface area contributed by atoms with Crippen LogP contribution in [-0.2, 0) is 12.1 Å². The van der Waals surface area contributed by atoms with Gasteiger partial charge in [-0.05, 0) is 38.8 Å². The first kappa shape index (κ1) is 19.4. The van der Waals surface area contributed by atoms with Gasteiger partial charge in [-0.25, -0.2) is 0 Å². The SMILES string of the molecule is Cc1noc(C)c1COc1ccccc1-c1nc(C2(N)CCCC2)no1.Cl. The van der Waals surface area contributed by atoms with Crippen LogP contribution < -0.4 is 10.5 Å². The Balaban J connectivity index is 0.00000210. The van der Waals surface area contributed by atoms with E-state index in [2.05, 4.69) is 15.3 Å². The van der Waals surface area contributed by atoms with Crippen molar-refractivity contribution in [1.29, 1.82) is 0 Å². The number of halogens is 1. The van der Waals surface area contributed by atoms with Crippen molar-refractivity contribution >= 4 is 12.4 Å². The minimum absolute atomic E-state index is 0. The molecule has 1 fully saturated rings. The summed E-state index contributed by atoms with van der Waals surface area (Å²) in [6.45, 7) is 4.13. The highest BCUT2D eigenvalue weighted by Crippen LogP contribution is 2.36. The zero-order chi connectivity index (χ0) is 18.1. The number of aromatic nitrogens is 3. The molecule has 0 radical (unpaired) electrons. The number of nitrogens with zero attached hydrogens (tertiary/aromatic N) is 3. The lowest BCUT2D eigenvalue weighted by Gasteiger charge is -2.17. The highest BCUT2D eigenvalue weighted by atomic mass is 35.5. The van der Waals surface area contributed by atoms with Crippen LogP contribution in [0.4, 0.5) is 0 Å². The van der Waals surface area contributed by atoms with Crippen molar-refractivity contribution in [3.63, 3.8) is 0 Å². The van der Waals surface area contributed by atoms with Gasteiger partial charge in [-0.3, -0.25) is 0 Å². The second-order valence-corrected chi connectivity index (χ2v) is 6.87. The average Bonchev–Trinajstić information content (AvgIpc) is 3.36. The van der Waals surface area contributed by atoms with Gasteiger partial charge in [0.15, 0.2) is 5.82 Å². The second kappa shape index (κ2) is 7.70. The summed E-state index contributed by atoms with van der Waals surface area (Å²) in [5, 5.41) is 8.09. The maximum Gasteiger partial charge on any atom is 0.261 e. The van der Waals surface area contributed by atoms with Gasteiger partial charge in [-0.2, -0.15) is 4.98 Å². The zero-order valence-electron chi connectivity index (χ0n) is 15.4. The molecule has 0 bridgehead atoms. The van der Waals surface area contributed by atoms with E-state index in [0.29, 0.717) is 24.1 Å². The van der Waals surface area contributed by atoms with Crippen LogP contribution in [0.3, 0.4) is 0 Å². The smallest absolute Gasteiger partial charge is 0.261 e. The van der Waals surface area contributed by atoms with Crippen LogP contribution in [0.2, 0.25) is 0 Å². The number of hydrogen-bond donors (Lipinski definition) is 1. The maximum absolute atomic E-state index is 6.43. The fourth-order valence-electron chi connectivity index (χ4n) is 3.39. The van der Waals surface area contributed by atoms with Crippen molar-refractivity contribution in [3.05, 3.63) is 47.1 Å². The van der Waals surface area contributed by atoms with Crippen LogP contribution in [0.1, 0.15) is 48.5 Å². The van der Waals surface area contributed by atoms with E-state index in [0.717, 1.165) is 48.3 Å². The average molecular weight is 391 g/mol. The number of benzene rings is 1. The Hall–Kier alpha value is -2.38. The fraction of sp³-hybridized carbons (Fsp3) is 0.421. The third-order valence-corrected chi connectivity index (χ3v) is 5.04. The summed E-state index contributed by atoms with van der Waals surface area (Å²) in [5.74, 6) is 2.42. The Kier molecular flexibility index (Phi) is 5.53. The summed E-state index contributed by atoms with van der Waals surface area (Å²) in [7, 11) is 0. The standard InChI is InChI=1S/C19H22N4O3.ClH/c1-12-15(13(2)25-22-12)11-24-16-8-4-3-7-14(16)17-21-18(23-26-17)19(20)9-5-6-10-19;/h3-4,7-8H,5-6,9-11,20H2,1-2H3;1H. The molecule has 0 atom stereocenters. The van der Waals surface area contributed by atoms with E-state index >= 15 is 0 Å². The Morgan fingerprint density at radius 1 is 1.11 bits per heavy atom. The number of rotatable bonds is 5. The van der Waals surface area contributed by atoms with Crippen molar-refractivity contribution < 1.29 is 13.8 Å². The molecule has 2 N–H and O–H groups in total. The molecular weight excluding hydrogens is 368 g/mol. The topological polar surface area (TPSA) is 100 Å². The number of para-hydroxylation sites is 1. The van der Waals surface area contributed by atoms with Crippen molar-refractivity contribution in [2.45, 2.75) is 51.7 Å². The summed E-state index contributed by atoms with van der Waals surface area (Å²) in [4.78, 5) is 4.56. The Morgan fingerprint density at radius 3 is 2.56 bits per heavy atom. The minimum Gasteiger partial charge on any atom is -0.488 e. The first-order valence-electron chi connectivity index (χ1n) is 8.84. The van der Waals surface area contributed by atoms with Gasteiger partial charge in [0.25, 0.3) is 5.89 Å². The number of aryl methyl sites for hydroxylation is 2. The molecule has 0 aliphatic heterocycles. The number of ether oxygens (including phenoxy) is 1. The molecule has 7 nitrogen and oxygen atoms in total. The highest BCUT2D eigenvalue weighted by molar-refractivity contribution is 5.85. The van der Waals surface area contributed by atoms with Crippen molar-refractivity contribution in [1.82, 2.24) is 15.3 Å². The van der Waals surface area contributed by atoms with E-state index in [1.807, 2.05) is 38.1 Å². The predicted molar refractivity (Wildman–Crippen MR) is 102 cm³/mol. The van der Waals surface area contributed by atoms with Gasteiger partial charge in [-0.15, -0.1) is 12.4 Å². The molecule has 0 amide bonds. The van der Waals surface area contributed by atoms with Gasteiger partial charge in [-0.1, -0.05) is 35.3 Å². The van der Waals surface area contributed by atoms with Crippen LogP contribution in [0.5, 0.6) is 5.75 Å². The molecule has 27 heavy (non-hydrogen) atoms. The zero-order valence-corrected chi connectivity index (χ0v) is 16.2. The molecule has 3 aromatic rings. The molecule has 1 aliphatic carbocycles. The molecule has 8 heteroatoms. The van der Waals surface area contributed by atoms with E-state index in [9.17, 15) is 0 Å². The van der Waals surface area contributed by atoms with Gasteiger partial charge in [0.05, 0.1) is 22.4 Å². The van der Waals surface area contributed by atoms with E-state index in [1.54, 1.807) is 0 Å². The Morgan fingerprint density at radius 2 is 1.85 bits per heavy atom. The Bertz CT molecular complexity index is 896. The molecule has 2 heterocycles. The van der Waals surface area contributed by atoms with Crippen molar-refractivity contribution in [2.24, 2.45) is 5.73 Å². The third kappa shape index (κ3) is 3.70. The summed E-state index contributed by atoms with van der Waals surface area (Å²) < 4.78 is 16.7. The van der Waals surface area contributed by atoms with Gasteiger partial charge in [0.1, 0.15) is 18.1 Å². The van der Waals surface area contributed by atoms with Crippen LogP contribution in [0.25, 0.3) is 11.5 Å². The van der Waals surface area contributed by atoms with E-state index < -0.39 is 5.54 Å². The van der Waals surface area contributed by atoms with Crippen LogP contribution in [0.15, 0.2) is 33.3 Å². The first-order chi connectivity index (χ1) is 12.6. The lowest BCUT2D eigenvalue weighted by atomic mass is 9.99. The third-order valence-electron chi connectivity index (χ3n) is 5.04. The van der Waals surface area contributed by atoms with Gasteiger partial charge < -0.3 is 19.5 Å². The summed E-state index contributed by atoms with van der Waals surface area (Å²) in [6, 6.07) is 7.60. The van der Waals surface area contributed by atoms with Crippen LogP contribution >= 0.6 is 12.4 Å². The lowest BCUT2D eigenvalue weighted by molar-refractivity contribution is 0.301. The lowest BCUT2D eigenvalue weighted by Crippen LogP contribution is -2.34. The molecule has 0 unspecified atom stereocenters. The minimum atomic E-state index is -0.478. The molecule has 1 aromatic carbocycles. The van der Waals surface area contributed by atoms with Crippen LogP contribution in [0, 0.1) is 13.8 Å². The van der Waals surface area contributed by atoms with E-state index in [1.165, 1.54) is 0 Å². The van der Waals surface area contributed by atoms with E-state index in [4.69, 9.17) is 19.5 Å². The summed E-state index contributed by atoms with van der Waals surface area (Å²) >= 11 is 0. The van der Waals surface area contributed by atoms with Gasteiger partial charge in [0, 0.05) is 0 Å². The molecule has 4 rings (SSSR count). The molecular formula is C19H23ClN4O3. The monoisotopic (exact) mass is 390 g/mol. The van der Waals surface area contributed by atoms with Crippen molar-refractivity contribution in [3.8, 4) is 17.2 Å². The normalized spacial score (nSPS) is 15.5. The van der Waals surface area contributed by atoms with E-state index in [-0.39, 0.29) is 12.4 Å². The van der Waals surface area contributed by atoms with Crippen LogP contribution in [-0.4, -0.2) is 15.3 Å². The highest BCUT2D eigenvalue weighted by Gasteiger charge is 2.36. The molecule has 1 saturated carbocycles.